The third-order valence-electron chi connectivity index (χ3n) is 5.15. The highest BCUT2D eigenvalue weighted by Gasteiger charge is 2.26. The molecule has 8 heteroatoms. The van der Waals surface area contributed by atoms with Crippen LogP contribution >= 0.6 is 0 Å². The lowest BCUT2D eigenvalue weighted by Gasteiger charge is -2.32. The van der Waals surface area contributed by atoms with Gasteiger partial charge in [-0.05, 0) is 57.0 Å². The molecule has 29 heavy (non-hydrogen) atoms. The lowest BCUT2D eigenvalue weighted by atomic mass is 9.97. The SMILES string of the molecule is Cc1cc(C)n(-c2ccc(N3CCCC(C(=O)NCc4ccccn4)C3)nn2)n1. The van der Waals surface area contributed by atoms with E-state index in [0.717, 1.165) is 42.3 Å². The number of aromatic nitrogens is 5. The van der Waals surface area contributed by atoms with Gasteiger partial charge >= 0.3 is 0 Å². The van der Waals surface area contributed by atoms with E-state index in [9.17, 15) is 4.79 Å². The van der Waals surface area contributed by atoms with Gasteiger partial charge in [-0.25, -0.2) is 4.68 Å². The van der Waals surface area contributed by atoms with E-state index in [-0.39, 0.29) is 11.8 Å². The lowest BCUT2D eigenvalue weighted by Crippen LogP contribution is -2.43. The average molecular weight is 391 g/mol. The van der Waals surface area contributed by atoms with Gasteiger partial charge in [0.15, 0.2) is 11.6 Å². The zero-order valence-electron chi connectivity index (χ0n) is 16.7. The summed E-state index contributed by atoms with van der Waals surface area (Å²) < 4.78 is 1.79. The van der Waals surface area contributed by atoms with Crippen LogP contribution in [0.5, 0.6) is 0 Å². The topological polar surface area (TPSA) is 88.8 Å². The standard InChI is InChI=1S/C21H25N7O/c1-15-12-16(2)28(26-15)20-9-8-19(24-25-20)27-11-5-6-17(14-27)21(29)23-13-18-7-3-4-10-22-18/h3-4,7-10,12,17H,5-6,11,13-14H2,1-2H3,(H,23,29). The number of hydrogen-bond donors (Lipinski definition) is 1. The van der Waals surface area contributed by atoms with Gasteiger partial charge in [0.1, 0.15) is 0 Å². The molecule has 4 heterocycles. The molecule has 0 bridgehead atoms. The van der Waals surface area contributed by atoms with Crippen molar-refractivity contribution in [1.82, 2.24) is 30.3 Å². The molecule has 0 aliphatic carbocycles. The second-order valence-corrected chi connectivity index (χ2v) is 7.41. The van der Waals surface area contributed by atoms with Crippen molar-refractivity contribution in [3.63, 3.8) is 0 Å². The van der Waals surface area contributed by atoms with Gasteiger partial charge < -0.3 is 10.2 Å². The molecule has 1 aliphatic rings. The first-order valence-corrected chi connectivity index (χ1v) is 9.90. The van der Waals surface area contributed by atoms with Crippen molar-refractivity contribution in [2.24, 2.45) is 5.92 Å². The average Bonchev–Trinajstić information content (AvgIpc) is 3.11. The first-order chi connectivity index (χ1) is 14.1. The molecule has 0 spiro atoms. The number of anilines is 1. The van der Waals surface area contributed by atoms with Crippen molar-refractivity contribution in [3.8, 4) is 5.82 Å². The molecule has 0 saturated carbocycles. The number of hydrogen-bond acceptors (Lipinski definition) is 6. The second kappa shape index (κ2) is 8.38. The number of rotatable bonds is 5. The van der Waals surface area contributed by atoms with E-state index in [0.29, 0.717) is 18.9 Å². The van der Waals surface area contributed by atoms with E-state index in [1.54, 1.807) is 10.9 Å². The Morgan fingerprint density at radius 1 is 1.17 bits per heavy atom. The summed E-state index contributed by atoms with van der Waals surface area (Å²) in [4.78, 5) is 19.0. The monoisotopic (exact) mass is 391 g/mol. The molecule has 1 saturated heterocycles. The fraction of sp³-hybridized carbons (Fsp3) is 0.381. The highest BCUT2D eigenvalue weighted by Crippen LogP contribution is 2.22. The van der Waals surface area contributed by atoms with Crippen molar-refractivity contribution < 1.29 is 4.79 Å². The van der Waals surface area contributed by atoms with Crippen LogP contribution in [0.4, 0.5) is 5.82 Å². The van der Waals surface area contributed by atoms with Crippen LogP contribution in [0, 0.1) is 19.8 Å². The summed E-state index contributed by atoms with van der Waals surface area (Å²) in [6, 6.07) is 11.6. The van der Waals surface area contributed by atoms with Crippen LogP contribution in [-0.2, 0) is 11.3 Å². The Hall–Kier alpha value is -3.29. The molecule has 3 aromatic heterocycles. The van der Waals surface area contributed by atoms with Crippen molar-refractivity contribution in [2.75, 3.05) is 18.0 Å². The minimum absolute atomic E-state index is 0.0626. The van der Waals surface area contributed by atoms with Crippen molar-refractivity contribution >= 4 is 11.7 Å². The molecule has 0 aromatic carbocycles. The molecule has 1 amide bonds. The lowest BCUT2D eigenvalue weighted by molar-refractivity contribution is -0.125. The van der Waals surface area contributed by atoms with Gasteiger partial charge in [0.25, 0.3) is 0 Å². The maximum atomic E-state index is 12.6. The van der Waals surface area contributed by atoms with E-state index < -0.39 is 0 Å². The zero-order chi connectivity index (χ0) is 20.2. The summed E-state index contributed by atoms with van der Waals surface area (Å²) >= 11 is 0. The van der Waals surface area contributed by atoms with E-state index in [1.807, 2.05) is 50.2 Å². The molecule has 150 valence electrons. The van der Waals surface area contributed by atoms with Gasteiger partial charge in [-0.1, -0.05) is 6.07 Å². The predicted octanol–water partition coefficient (Wildman–Crippen LogP) is 2.21. The van der Waals surface area contributed by atoms with E-state index in [4.69, 9.17) is 0 Å². The molecule has 4 rings (SSSR count). The Kier molecular flexibility index (Phi) is 5.50. The van der Waals surface area contributed by atoms with E-state index >= 15 is 0 Å². The van der Waals surface area contributed by atoms with Crippen LogP contribution in [0.1, 0.15) is 29.9 Å². The molecule has 8 nitrogen and oxygen atoms in total. The maximum absolute atomic E-state index is 12.6. The van der Waals surface area contributed by atoms with Gasteiger partial charge in [-0.3, -0.25) is 9.78 Å². The van der Waals surface area contributed by atoms with Crippen molar-refractivity contribution in [3.05, 3.63) is 59.7 Å². The molecular weight excluding hydrogens is 366 g/mol. The molecule has 1 N–H and O–H groups in total. The number of carbonyl (C=O) groups excluding carboxylic acids is 1. The van der Waals surface area contributed by atoms with Crippen molar-refractivity contribution in [2.45, 2.75) is 33.2 Å². The molecule has 1 atom stereocenters. The Morgan fingerprint density at radius 3 is 2.69 bits per heavy atom. The van der Waals surface area contributed by atoms with Crippen LogP contribution in [-0.4, -0.2) is 44.0 Å². The highest BCUT2D eigenvalue weighted by molar-refractivity contribution is 5.79. The summed E-state index contributed by atoms with van der Waals surface area (Å²) in [5.41, 5.74) is 2.83. The molecule has 0 radical (unpaired) electrons. The molecular formula is C21H25N7O. The van der Waals surface area contributed by atoms with Crippen LogP contribution in [0.15, 0.2) is 42.6 Å². The smallest absolute Gasteiger partial charge is 0.225 e. The van der Waals surface area contributed by atoms with Gasteiger partial charge in [-0.15, -0.1) is 10.2 Å². The summed E-state index contributed by atoms with van der Waals surface area (Å²) in [6.07, 6.45) is 3.56. The summed E-state index contributed by atoms with van der Waals surface area (Å²) in [5.74, 6) is 1.48. The fourth-order valence-electron chi connectivity index (χ4n) is 3.68. The minimum Gasteiger partial charge on any atom is -0.354 e. The summed E-state index contributed by atoms with van der Waals surface area (Å²) in [7, 11) is 0. The number of carbonyl (C=O) groups is 1. The zero-order valence-corrected chi connectivity index (χ0v) is 16.7. The Balaban J connectivity index is 1.39. The Bertz CT molecular complexity index is 968. The highest BCUT2D eigenvalue weighted by atomic mass is 16.1. The summed E-state index contributed by atoms with van der Waals surface area (Å²) in [6.45, 7) is 5.92. The number of pyridine rings is 1. The Labute approximate surface area is 170 Å². The third kappa shape index (κ3) is 4.42. The molecule has 1 aliphatic heterocycles. The van der Waals surface area contributed by atoms with Gasteiger partial charge in [0.05, 0.1) is 23.9 Å². The van der Waals surface area contributed by atoms with Gasteiger partial charge in [-0.2, -0.15) is 5.10 Å². The number of aryl methyl sites for hydroxylation is 2. The first kappa shape index (κ1) is 19.0. The minimum atomic E-state index is -0.0649. The Morgan fingerprint density at radius 2 is 2.00 bits per heavy atom. The maximum Gasteiger partial charge on any atom is 0.225 e. The van der Waals surface area contributed by atoms with Crippen molar-refractivity contribution in [1.29, 1.82) is 0 Å². The quantitative estimate of drug-likeness (QED) is 0.717. The van der Waals surface area contributed by atoms with Crippen LogP contribution < -0.4 is 10.2 Å². The molecule has 1 fully saturated rings. The first-order valence-electron chi connectivity index (χ1n) is 9.90. The van der Waals surface area contributed by atoms with E-state index in [1.165, 1.54) is 0 Å². The molecule has 3 aromatic rings. The van der Waals surface area contributed by atoms with E-state index in [2.05, 4.69) is 30.5 Å². The fourth-order valence-corrected chi connectivity index (χ4v) is 3.68. The number of nitrogens with one attached hydrogen (secondary N) is 1. The predicted molar refractivity (Wildman–Crippen MR) is 110 cm³/mol. The number of amides is 1. The summed E-state index contributed by atoms with van der Waals surface area (Å²) in [5, 5.41) is 16.2. The van der Waals surface area contributed by atoms with Crippen LogP contribution in [0.3, 0.4) is 0 Å². The van der Waals surface area contributed by atoms with Gasteiger partial charge in [0.2, 0.25) is 5.91 Å². The second-order valence-electron chi connectivity index (χ2n) is 7.41. The number of piperidine rings is 1. The normalized spacial score (nSPS) is 16.6. The van der Waals surface area contributed by atoms with Crippen LogP contribution in [0.2, 0.25) is 0 Å². The van der Waals surface area contributed by atoms with Gasteiger partial charge in [0, 0.05) is 25.0 Å². The number of nitrogens with zero attached hydrogens (tertiary/aromatic N) is 6. The third-order valence-corrected chi connectivity index (χ3v) is 5.15. The largest absolute Gasteiger partial charge is 0.354 e. The van der Waals surface area contributed by atoms with Crippen LogP contribution in [0.25, 0.3) is 5.82 Å². The molecule has 1 unspecified atom stereocenters.